The number of hydrogen-bond acceptors (Lipinski definition) is 6. The maximum absolute atomic E-state index is 13.6. The van der Waals surface area contributed by atoms with Crippen LogP contribution in [-0.4, -0.2) is 33.8 Å². The van der Waals surface area contributed by atoms with E-state index in [2.05, 4.69) is 5.32 Å². The number of carbonyl (C=O) groups is 1. The number of para-hydroxylation sites is 1. The molecule has 0 fully saturated rings. The normalized spacial score (nSPS) is 17.1. The highest BCUT2D eigenvalue weighted by Crippen LogP contribution is 2.40. The monoisotopic (exact) mass is 456 g/mol. The molecule has 2 aliphatic rings. The molecule has 172 valence electrons. The van der Waals surface area contributed by atoms with Crippen LogP contribution in [0.1, 0.15) is 34.3 Å². The number of fused-ring (bicyclic) bond motifs is 2. The molecule has 0 saturated carbocycles. The van der Waals surface area contributed by atoms with Gasteiger partial charge < -0.3 is 24.1 Å². The van der Waals surface area contributed by atoms with E-state index in [1.807, 2.05) is 67.8 Å². The van der Waals surface area contributed by atoms with Crippen molar-refractivity contribution < 1.29 is 18.7 Å². The van der Waals surface area contributed by atoms with Gasteiger partial charge in [0.25, 0.3) is 5.91 Å². The number of rotatable bonds is 4. The summed E-state index contributed by atoms with van der Waals surface area (Å²) < 4.78 is 19.0. The fourth-order valence-corrected chi connectivity index (χ4v) is 4.51. The standard InChI is InChI=1S/C26H24N4O4/c1-29-16-20(24(28-29)17-9-10-22-23(14-17)34-13-5-12-33-22)25-27-21-8-3-2-7-19(21)26(31)30(25)15-18-6-4-11-32-18/h2-4,6-11,14,16,25,27H,5,12-13,15H2,1H3/t25-/m1/s1. The summed E-state index contributed by atoms with van der Waals surface area (Å²) in [4.78, 5) is 15.4. The first-order chi connectivity index (χ1) is 16.7. The number of hydrogen-bond donors (Lipinski definition) is 1. The molecule has 6 rings (SSSR count). The molecule has 2 aliphatic heterocycles. The fourth-order valence-electron chi connectivity index (χ4n) is 4.51. The van der Waals surface area contributed by atoms with Crippen LogP contribution in [0.2, 0.25) is 0 Å². The van der Waals surface area contributed by atoms with Gasteiger partial charge in [-0.2, -0.15) is 5.10 Å². The number of anilines is 1. The Labute approximate surface area is 196 Å². The van der Waals surface area contributed by atoms with Crippen molar-refractivity contribution in [2.75, 3.05) is 18.5 Å². The zero-order chi connectivity index (χ0) is 23.1. The fraction of sp³-hybridized carbons (Fsp3) is 0.231. The van der Waals surface area contributed by atoms with E-state index in [0.717, 1.165) is 34.7 Å². The lowest BCUT2D eigenvalue weighted by Crippen LogP contribution is -2.42. The second-order valence-corrected chi connectivity index (χ2v) is 8.42. The average Bonchev–Trinajstić information content (AvgIpc) is 3.44. The topological polar surface area (TPSA) is 81.8 Å². The van der Waals surface area contributed by atoms with Crippen LogP contribution in [0.15, 0.2) is 71.5 Å². The van der Waals surface area contributed by atoms with Crippen LogP contribution in [0.3, 0.4) is 0 Å². The maximum atomic E-state index is 13.6. The Morgan fingerprint density at radius 1 is 1.06 bits per heavy atom. The third kappa shape index (κ3) is 3.57. The Bertz CT molecular complexity index is 1340. The summed E-state index contributed by atoms with van der Waals surface area (Å²) in [5.74, 6) is 2.08. The van der Waals surface area contributed by atoms with E-state index in [9.17, 15) is 4.79 Å². The van der Waals surface area contributed by atoms with Gasteiger partial charge in [-0.15, -0.1) is 0 Å². The Kier molecular flexibility index (Phi) is 4.98. The van der Waals surface area contributed by atoms with Crippen molar-refractivity contribution in [1.82, 2.24) is 14.7 Å². The minimum atomic E-state index is -0.438. The third-order valence-electron chi connectivity index (χ3n) is 6.10. The molecule has 2 aromatic heterocycles. The van der Waals surface area contributed by atoms with Gasteiger partial charge in [-0.05, 0) is 42.5 Å². The van der Waals surface area contributed by atoms with Crippen LogP contribution in [0.5, 0.6) is 11.5 Å². The second kappa shape index (κ2) is 8.30. The minimum Gasteiger partial charge on any atom is -0.490 e. The molecule has 2 aromatic carbocycles. The number of aromatic nitrogens is 2. The molecule has 1 N–H and O–H groups in total. The number of carbonyl (C=O) groups excluding carboxylic acids is 1. The smallest absolute Gasteiger partial charge is 0.258 e. The average molecular weight is 457 g/mol. The Morgan fingerprint density at radius 2 is 1.91 bits per heavy atom. The highest BCUT2D eigenvalue weighted by Gasteiger charge is 2.36. The predicted octanol–water partition coefficient (Wildman–Crippen LogP) is 4.61. The van der Waals surface area contributed by atoms with Crippen LogP contribution < -0.4 is 14.8 Å². The Balaban J connectivity index is 1.44. The van der Waals surface area contributed by atoms with Crippen molar-refractivity contribution in [3.8, 4) is 22.8 Å². The van der Waals surface area contributed by atoms with E-state index in [-0.39, 0.29) is 5.91 Å². The van der Waals surface area contributed by atoms with Crippen molar-refractivity contribution in [2.24, 2.45) is 7.05 Å². The lowest BCUT2D eigenvalue weighted by molar-refractivity contribution is 0.0652. The van der Waals surface area contributed by atoms with Gasteiger partial charge in [-0.25, -0.2) is 0 Å². The lowest BCUT2D eigenvalue weighted by atomic mass is 10.0. The van der Waals surface area contributed by atoms with Crippen molar-refractivity contribution in [2.45, 2.75) is 19.1 Å². The zero-order valence-corrected chi connectivity index (χ0v) is 18.7. The minimum absolute atomic E-state index is 0.0655. The van der Waals surface area contributed by atoms with Crippen LogP contribution >= 0.6 is 0 Å². The van der Waals surface area contributed by atoms with Gasteiger partial charge in [0, 0.05) is 36.5 Å². The molecule has 0 saturated heterocycles. The molecular weight excluding hydrogens is 432 g/mol. The van der Waals surface area contributed by atoms with Crippen LogP contribution in [0.25, 0.3) is 11.3 Å². The summed E-state index contributed by atoms with van der Waals surface area (Å²) in [6.45, 7) is 1.57. The zero-order valence-electron chi connectivity index (χ0n) is 18.7. The molecular formula is C26H24N4O4. The van der Waals surface area contributed by atoms with E-state index in [1.54, 1.807) is 15.8 Å². The highest BCUT2D eigenvalue weighted by atomic mass is 16.5. The number of benzene rings is 2. The summed E-state index contributed by atoms with van der Waals surface area (Å²) >= 11 is 0. The van der Waals surface area contributed by atoms with Crippen molar-refractivity contribution in [3.63, 3.8) is 0 Å². The number of amides is 1. The molecule has 8 nitrogen and oxygen atoms in total. The number of aryl methyl sites for hydroxylation is 1. The van der Waals surface area contributed by atoms with Crippen LogP contribution in [-0.2, 0) is 13.6 Å². The molecule has 34 heavy (non-hydrogen) atoms. The van der Waals surface area contributed by atoms with Gasteiger partial charge in [0.15, 0.2) is 11.5 Å². The summed E-state index contributed by atoms with van der Waals surface area (Å²) in [5.41, 5.74) is 3.97. The molecule has 0 unspecified atom stereocenters. The maximum Gasteiger partial charge on any atom is 0.258 e. The summed E-state index contributed by atoms with van der Waals surface area (Å²) in [6, 6.07) is 17.1. The number of ether oxygens (including phenoxy) is 2. The number of furan rings is 1. The molecule has 0 radical (unpaired) electrons. The van der Waals surface area contributed by atoms with Gasteiger partial charge in [-0.3, -0.25) is 9.48 Å². The molecule has 1 atom stereocenters. The highest BCUT2D eigenvalue weighted by molar-refractivity contribution is 6.01. The lowest BCUT2D eigenvalue weighted by Gasteiger charge is -2.37. The molecule has 4 aromatic rings. The van der Waals surface area contributed by atoms with E-state index >= 15 is 0 Å². The molecule has 4 heterocycles. The first kappa shape index (κ1) is 20.4. The van der Waals surface area contributed by atoms with Gasteiger partial charge in [0.05, 0.1) is 37.3 Å². The molecule has 8 heteroatoms. The Morgan fingerprint density at radius 3 is 2.76 bits per heavy atom. The second-order valence-electron chi connectivity index (χ2n) is 8.42. The summed E-state index contributed by atoms with van der Waals surface area (Å²) in [6.07, 6.45) is 3.97. The van der Waals surface area contributed by atoms with Gasteiger partial charge in [-0.1, -0.05) is 12.1 Å². The quantitative estimate of drug-likeness (QED) is 0.483. The molecule has 1 amide bonds. The van der Waals surface area contributed by atoms with Crippen LogP contribution in [0, 0.1) is 0 Å². The first-order valence-corrected chi connectivity index (χ1v) is 11.3. The molecule has 0 aliphatic carbocycles. The van der Waals surface area contributed by atoms with Crippen molar-refractivity contribution >= 4 is 11.6 Å². The van der Waals surface area contributed by atoms with Gasteiger partial charge in [0.2, 0.25) is 0 Å². The SMILES string of the molecule is Cn1cc([C@@H]2Nc3ccccc3C(=O)N2Cc2ccco2)c(-c2ccc3c(c2)OCCCO3)n1. The van der Waals surface area contributed by atoms with Gasteiger partial charge in [0.1, 0.15) is 11.9 Å². The van der Waals surface area contributed by atoms with E-state index in [1.165, 1.54) is 0 Å². The Hall–Kier alpha value is -4.20. The van der Waals surface area contributed by atoms with Crippen molar-refractivity contribution in [1.29, 1.82) is 0 Å². The predicted molar refractivity (Wildman–Crippen MR) is 126 cm³/mol. The summed E-state index contributed by atoms with van der Waals surface area (Å²) in [7, 11) is 1.88. The largest absolute Gasteiger partial charge is 0.490 e. The van der Waals surface area contributed by atoms with E-state index in [4.69, 9.17) is 19.0 Å². The van der Waals surface area contributed by atoms with E-state index in [0.29, 0.717) is 36.8 Å². The third-order valence-corrected chi connectivity index (χ3v) is 6.10. The number of nitrogens with zero attached hydrogens (tertiary/aromatic N) is 3. The van der Waals surface area contributed by atoms with E-state index < -0.39 is 6.17 Å². The molecule has 0 bridgehead atoms. The summed E-state index contributed by atoms with van der Waals surface area (Å²) in [5, 5.41) is 8.32. The van der Waals surface area contributed by atoms with Crippen LogP contribution in [0.4, 0.5) is 5.69 Å². The number of nitrogens with one attached hydrogen (secondary N) is 1. The first-order valence-electron chi connectivity index (χ1n) is 11.3. The van der Waals surface area contributed by atoms with Crippen molar-refractivity contribution in [3.05, 3.63) is 83.9 Å². The van der Waals surface area contributed by atoms with Gasteiger partial charge >= 0.3 is 0 Å². The molecule has 0 spiro atoms.